The van der Waals surface area contributed by atoms with Gasteiger partial charge in [-0.15, -0.1) is 0 Å². The Morgan fingerprint density at radius 1 is 0.780 bits per heavy atom. The third kappa shape index (κ3) is 12.2. The first-order chi connectivity index (χ1) is 20.0. The van der Waals surface area contributed by atoms with Crippen LogP contribution in [0.25, 0.3) is 9.14 Å². The minimum atomic E-state index is -1.58. The monoisotopic (exact) mass is 749 g/mol. The Morgan fingerprint density at radius 2 is 1.20 bits per heavy atom. The first-order valence-corrected chi connectivity index (χ1v) is 16.3. The van der Waals surface area contributed by atoms with Gasteiger partial charge in [0.05, 0.1) is 0 Å². The van der Waals surface area contributed by atoms with Crippen molar-refractivity contribution < 1.29 is 19.4 Å². The second-order valence-electron chi connectivity index (χ2n) is 7.99. The Balaban J connectivity index is 0.000000226. The molecule has 5 aromatic rings. The summed E-state index contributed by atoms with van der Waals surface area (Å²) < 4.78 is 8.55. The average molecular weight is 746 g/mol. The van der Waals surface area contributed by atoms with Crippen molar-refractivity contribution in [2.75, 3.05) is 0 Å². The molecule has 0 atom stereocenters. The molecule has 0 unspecified atom stereocenters. The van der Waals surface area contributed by atoms with Gasteiger partial charge in [-0.2, -0.15) is 0 Å². The predicted octanol–water partition coefficient (Wildman–Crippen LogP) is 2.74. The SMILES string of the molecule is NN=C([Se])Cc1ccccc1.O=COC(=O)O.c1ccc(Cc2nnc(-c3nnc(Cc4ccccc4)[se]3)[se]2)cc1. The molecule has 0 saturated heterocycles. The fraction of sp³-hybridized carbons (Fsp3) is 0.107. The summed E-state index contributed by atoms with van der Waals surface area (Å²) in [5.41, 5.74) is 3.79. The van der Waals surface area contributed by atoms with Crippen LogP contribution >= 0.6 is 0 Å². The van der Waals surface area contributed by atoms with Gasteiger partial charge in [0.25, 0.3) is 0 Å². The van der Waals surface area contributed by atoms with E-state index >= 15 is 0 Å². The molecule has 3 N–H and O–H groups in total. The van der Waals surface area contributed by atoms with E-state index in [1.807, 2.05) is 42.5 Å². The van der Waals surface area contributed by atoms with Crippen molar-refractivity contribution in [1.82, 2.24) is 20.4 Å². The van der Waals surface area contributed by atoms with E-state index in [0.717, 1.165) is 33.0 Å². The summed E-state index contributed by atoms with van der Waals surface area (Å²) >= 11 is 3.15. The van der Waals surface area contributed by atoms with E-state index in [1.54, 1.807) is 0 Å². The van der Waals surface area contributed by atoms with Crippen LogP contribution < -0.4 is 5.84 Å². The number of hydrogen-bond acceptors (Lipinski definition) is 9. The molecule has 0 aliphatic heterocycles. The van der Waals surface area contributed by atoms with Crippen molar-refractivity contribution in [3.05, 3.63) is 117 Å². The molecular weight excluding hydrogens is 721 g/mol. The van der Waals surface area contributed by atoms with E-state index < -0.39 is 6.16 Å². The third-order valence-electron chi connectivity index (χ3n) is 5.00. The number of carboxylic acid groups (broad SMARTS) is 1. The molecule has 13 heteroatoms. The van der Waals surface area contributed by atoms with Gasteiger partial charge in [-0.05, 0) is 0 Å². The van der Waals surface area contributed by atoms with Crippen molar-refractivity contribution in [1.29, 1.82) is 0 Å². The first-order valence-electron chi connectivity index (χ1n) is 12.0. The maximum absolute atomic E-state index is 9.15. The van der Waals surface area contributed by atoms with Gasteiger partial charge in [-0.3, -0.25) is 4.79 Å². The normalized spacial score (nSPS) is 10.4. The van der Waals surface area contributed by atoms with Crippen LogP contribution in [-0.2, 0) is 28.8 Å². The van der Waals surface area contributed by atoms with Gasteiger partial charge in [0, 0.05) is 0 Å². The molecule has 1 radical (unpaired) electrons. The summed E-state index contributed by atoms with van der Waals surface area (Å²) in [4.78, 5) is 18.2. The van der Waals surface area contributed by atoms with Gasteiger partial charge in [0.1, 0.15) is 0 Å². The van der Waals surface area contributed by atoms with Crippen LogP contribution in [0.3, 0.4) is 0 Å². The van der Waals surface area contributed by atoms with Gasteiger partial charge >= 0.3 is 239 Å². The van der Waals surface area contributed by atoms with Crippen LogP contribution in [0.2, 0.25) is 0 Å². The van der Waals surface area contributed by atoms with Crippen LogP contribution in [0, 0.1) is 0 Å². The number of carbonyl (C=O) groups excluding carboxylic acids is 1. The number of hydrazone groups is 1. The number of carbonyl (C=O) groups is 2. The second-order valence-corrected chi connectivity index (χ2v) is 13.4. The van der Waals surface area contributed by atoms with Gasteiger partial charge in [-0.1, -0.05) is 0 Å². The van der Waals surface area contributed by atoms with Gasteiger partial charge < -0.3 is 9.84 Å². The van der Waals surface area contributed by atoms with E-state index in [9.17, 15) is 0 Å². The van der Waals surface area contributed by atoms with Gasteiger partial charge in [0.15, 0.2) is 0 Å². The van der Waals surface area contributed by atoms with E-state index in [1.165, 1.54) is 25.8 Å². The van der Waals surface area contributed by atoms with E-state index in [0.29, 0.717) is 0 Å². The van der Waals surface area contributed by atoms with E-state index in [4.69, 9.17) is 20.5 Å². The molecule has 0 amide bonds. The van der Waals surface area contributed by atoms with Crippen molar-refractivity contribution in [3.8, 4) is 9.14 Å². The molecule has 209 valence electrons. The minimum absolute atomic E-state index is 0.150. The fourth-order valence-corrected chi connectivity index (χ4v) is 7.64. The summed E-state index contributed by atoms with van der Waals surface area (Å²) in [7, 11) is 0. The summed E-state index contributed by atoms with van der Waals surface area (Å²) in [5.74, 6) is 5.08. The van der Waals surface area contributed by atoms with Crippen molar-refractivity contribution in [2.45, 2.75) is 19.3 Å². The molecule has 0 aliphatic rings. The van der Waals surface area contributed by atoms with Crippen LogP contribution in [0.1, 0.15) is 25.8 Å². The Hall–Kier alpha value is -3.69. The maximum atomic E-state index is 9.15. The average Bonchev–Trinajstić information content (AvgIpc) is 3.65. The van der Waals surface area contributed by atoms with Crippen molar-refractivity contribution in [3.63, 3.8) is 0 Å². The van der Waals surface area contributed by atoms with E-state index in [2.05, 4.69) is 94.8 Å². The zero-order chi connectivity index (χ0) is 29.3. The van der Waals surface area contributed by atoms with Gasteiger partial charge in [-0.25, -0.2) is 4.79 Å². The van der Waals surface area contributed by atoms with Crippen LogP contribution in [-0.4, -0.2) is 87.8 Å². The molecule has 5 rings (SSSR count). The number of nitrogens with two attached hydrogens (primary N) is 1. The zero-order valence-electron chi connectivity index (χ0n) is 21.6. The van der Waals surface area contributed by atoms with Crippen molar-refractivity contribution in [2.24, 2.45) is 10.9 Å². The number of nitrogens with zero attached hydrogens (tertiary/aromatic N) is 5. The molecule has 2 heterocycles. The molecule has 0 saturated carbocycles. The van der Waals surface area contributed by atoms with Crippen LogP contribution in [0.15, 0.2) is 96.1 Å². The van der Waals surface area contributed by atoms with Crippen molar-refractivity contribution >= 4 is 62.3 Å². The Labute approximate surface area is 257 Å². The van der Waals surface area contributed by atoms with Gasteiger partial charge in [0.2, 0.25) is 0 Å². The summed E-state index contributed by atoms with van der Waals surface area (Å²) in [6.45, 7) is -0.150. The Morgan fingerprint density at radius 3 is 1.54 bits per heavy atom. The molecule has 0 bridgehead atoms. The Bertz CT molecular complexity index is 1440. The topological polar surface area (TPSA) is 154 Å². The third-order valence-corrected chi connectivity index (χ3v) is 10.1. The fourth-order valence-electron chi connectivity index (χ4n) is 3.22. The molecule has 0 fully saturated rings. The molecular formula is C28H25N6O4Se3. The van der Waals surface area contributed by atoms with Crippen LogP contribution in [0.4, 0.5) is 4.79 Å². The number of benzene rings is 3. The van der Waals surface area contributed by atoms with Crippen LogP contribution in [0.5, 0.6) is 0 Å². The molecule has 0 aliphatic carbocycles. The molecule has 41 heavy (non-hydrogen) atoms. The number of ether oxygens (including phenoxy) is 1. The number of aromatic nitrogens is 4. The molecule has 3 aromatic carbocycles. The summed E-state index contributed by atoms with van der Waals surface area (Å²) in [5, 5.41) is 28.5. The second kappa shape index (κ2) is 17.9. The molecule has 0 spiro atoms. The number of hydrogen-bond donors (Lipinski definition) is 2. The molecule has 2 aromatic heterocycles. The quantitative estimate of drug-likeness (QED) is 0.0465. The first kappa shape index (κ1) is 31.8. The summed E-state index contributed by atoms with van der Waals surface area (Å²) in [6.07, 6.45) is 0.972. The summed E-state index contributed by atoms with van der Waals surface area (Å²) in [6, 6.07) is 30.9. The number of rotatable bonds is 8. The van der Waals surface area contributed by atoms with E-state index in [-0.39, 0.29) is 35.5 Å². The Kier molecular flexibility index (Phi) is 13.9. The zero-order valence-corrected chi connectivity index (χ0v) is 26.7. The standard InChI is InChI=1S/C18H14N4Se2.C8H9N2Se.C2H2O4/c1-3-7-13(8-4-1)11-15-19-21-17(23-15)18-22-20-16(24-18)12-14-9-5-2-6-10-14;9-10-8(11)6-7-4-2-1-3-5-7;3-1-6-2(4)5/h1-10H,11-12H2;1-5H,6,9H2;1H,(H,4,5). The predicted molar refractivity (Wildman–Crippen MR) is 158 cm³/mol. The molecule has 10 nitrogen and oxygen atoms in total.